The molecule has 18 heavy (non-hydrogen) atoms. The van der Waals surface area contributed by atoms with Crippen LogP contribution in [0.4, 0.5) is 3.89 Å². The van der Waals surface area contributed by atoms with Gasteiger partial charge in [-0.15, -0.1) is 0 Å². The molecule has 0 aliphatic rings. The lowest BCUT2D eigenvalue weighted by Gasteiger charge is -2.16. The summed E-state index contributed by atoms with van der Waals surface area (Å²) >= 11 is 0. The Morgan fingerprint density at radius 2 is 2.00 bits per heavy atom. The van der Waals surface area contributed by atoms with Gasteiger partial charge in [-0.05, 0) is 24.0 Å². The van der Waals surface area contributed by atoms with Crippen LogP contribution in [0.1, 0.15) is 26.5 Å². The van der Waals surface area contributed by atoms with Crippen molar-refractivity contribution >= 4 is 15.9 Å². The molecule has 2 aromatic heterocycles. The van der Waals surface area contributed by atoms with Crippen LogP contribution in [-0.4, -0.2) is 17.8 Å². The van der Waals surface area contributed by atoms with Gasteiger partial charge in [-0.25, -0.2) is 4.98 Å². The zero-order chi connectivity index (χ0) is 13.6. The molecule has 0 fully saturated rings. The number of pyridine rings is 1. The lowest BCUT2D eigenvalue weighted by Crippen LogP contribution is -2.12. The van der Waals surface area contributed by atoms with Crippen molar-refractivity contribution < 1.29 is 12.3 Å². The number of hydrogen-bond donors (Lipinski definition) is 0. The molecule has 98 valence electrons. The summed E-state index contributed by atoms with van der Waals surface area (Å²) in [6, 6.07) is 5.03. The van der Waals surface area contributed by atoms with E-state index in [0.717, 1.165) is 0 Å². The van der Waals surface area contributed by atoms with Gasteiger partial charge in [0.05, 0.1) is 5.69 Å². The smallest absolute Gasteiger partial charge is 0.288 e. The summed E-state index contributed by atoms with van der Waals surface area (Å²) in [5.74, 6) is 0. The largest absolute Gasteiger partial charge is 0.350 e. The van der Waals surface area contributed by atoms with Gasteiger partial charge in [0.15, 0.2) is 5.03 Å². The fourth-order valence-electron chi connectivity index (χ4n) is 1.90. The molecule has 0 amide bonds. The first-order valence-electron chi connectivity index (χ1n) is 5.59. The lowest BCUT2D eigenvalue weighted by molar-refractivity contribution is 0.402. The minimum absolute atomic E-state index is 0.169. The molecular weight excluding hydrogens is 255 g/mol. The second kappa shape index (κ2) is 4.05. The Bertz CT molecular complexity index is 684. The van der Waals surface area contributed by atoms with Crippen LogP contribution in [0, 0.1) is 5.41 Å². The first kappa shape index (κ1) is 13.0. The Kier molecular flexibility index (Phi) is 2.93. The van der Waals surface area contributed by atoms with Crippen molar-refractivity contribution in [2.75, 3.05) is 0 Å². The molecule has 0 bridgehead atoms. The standard InChI is InChI=1S/C12H15FN2O2S/c1-12(2,3)8-9-11(18(13,16)17)15-7-5-4-6-10(15)14-9/h4-7H,8H2,1-3H3. The van der Waals surface area contributed by atoms with E-state index in [0.29, 0.717) is 12.1 Å². The van der Waals surface area contributed by atoms with Crippen molar-refractivity contribution in [3.05, 3.63) is 30.1 Å². The molecule has 2 aromatic rings. The molecule has 0 saturated carbocycles. The molecule has 0 spiro atoms. The van der Waals surface area contributed by atoms with Crippen LogP contribution >= 0.6 is 0 Å². The van der Waals surface area contributed by atoms with Crippen molar-refractivity contribution in [2.24, 2.45) is 5.41 Å². The van der Waals surface area contributed by atoms with Gasteiger partial charge < -0.3 is 0 Å². The molecule has 4 nitrogen and oxygen atoms in total. The summed E-state index contributed by atoms with van der Waals surface area (Å²) < 4.78 is 37.3. The fourth-order valence-corrected chi connectivity index (χ4v) is 2.69. The monoisotopic (exact) mass is 270 g/mol. The second-order valence-corrected chi connectivity index (χ2v) is 6.73. The summed E-state index contributed by atoms with van der Waals surface area (Å²) in [4.78, 5) is 4.21. The number of fused-ring (bicyclic) bond motifs is 1. The quantitative estimate of drug-likeness (QED) is 0.788. The highest BCUT2D eigenvalue weighted by molar-refractivity contribution is 7.86. The van der Waals surface area contributed by atoms with Crippen LogP contribution in [0.2, 0.25) is 0 Å². The second-order valence-electron chi connectivity index (χ2n) is 5.47. The van der Waals surface area contributed by atoms with Gasteiger partial charge in [0, 0.05) is 6.20 Å². The van der Waals surface area contributed by atoms with Crippen LogP contribution < -0.4 is 0 Å². The Labute approximate surface area is 106 Å². The van der Waals surface area contributed by atoms with E-state index in [1.807, 2.05) is 20.8 Å². The maximum absolute atomic E-state index is 13.4. The van der Waals surface area contributed by atoms with Gasteiger partial charge in [0.25, 0.3) is 0 Å². The van der Waals surface area contributed by atoms with Crippen LogP contribution in [0.15, 0.2) is 29.4 Å². The first-order valence-corrected chi connectivity index (χ1v) is 6.97. The highest BCUT2D eigenvalue weighted by Gasteiger charge is 2.27. The minimum Gasteiger partial charge on any atom is -0.288 e. The van der Waals surface area contributed by atoms with Crippen LogP contribution in [-0.2, 0) is 16.6 Å². The molecule has 0 unspecified atom stereocenters. The summed E-state index contributed by atoms with van der Waals surface area (Å²) in [5.41, 5.74) is 0.543. The maximum Gasteiger partial charge on any atom is 0.350 e. The third-order valence-electron chi connectivity index (χ3n) is 2.48. The predicted octanol–water partition coefficient (Wildman–Crippen LogP) is 2.58. The highest BCUT2D eigenvalue weighted by Crippen LogP contribution is 2.27. The van der Waals surface area contributed by atoms with Gasteiger partial charge >= 0.3 is 10.2 Å². The van der Waals surface area contributed by atoms with Crippen molar-refractivity contribution in [2.45, 2.75) is 32.2 Å². The van der Waals surface area contributed by atoms with E-state index in [1.54, 1.807) is 18.2 Å². The molecular formula is C12H15FN2O2S. The molecule has 0 atom stereocenters. The molecule has 0 aliphatic carbocycles. The maximum atomic E-state index is 13.4. The number of imidazole rings is 1. The number of halogens is 1. The molecule has 2 rings (SSSR count). The van der Waals surface area contributed by atoms with E-state index in [4.69, 9.17) is 0 Å². The molecule has 0 saturated heterocycles. The van der Waals surface area contributed by atoms with Gasteiger partial charge in [-0.2, -0.15) is 8.42 Å². The summed E-state index contributed by atoms with van der Waals surface area (Å²) in [6.07, 6.45) is 1.90. The minimum atomic E-state index is -4.79. The van der Waals surface area contributed by atoms with Crippen molar-refractivity contribution in [1.29, 1.82) is 0 Å². The zero-order valence-corrected chi connectivity index (χ0v) is 11.3. The fraction of sp³-hybridized carbons (Fsp3) is 0.417. The molecule has 0 aliphatic heterocycles. The van der Waals surface area contributed by atoms with Gasteiger partial charge in [0.2, 0.25) is 0 Å². The molecule has 2 heterocycles. The highest BCUT2D eigenvalue weighted by atomic mass is 32.3. The van der Waals surface area contributed by atoms with E-state index >= 15 is 0 Å². The van der Waals surface area contributed by atoms with Crippen LogP contribution in [0.5, 0.6) is 0 Å². The van der Waals surface area contributed by atoms with E-state index < -0.39 is 10.2 Å². The number of hydrogen-bond acceptors (Lipinski definition) is 3. The van der Waals surface area contributed by atoms with E-state index in [2.05, 4.69) is 4.98 Å². The normalized spacial score (nSPS) is 13.1. The Morgan fingerprint density at radius 1 is 1.33 bits per heavy atom. The van der Waals surface area contributed by atoms with Crippen molar-refractivity contribution in [3.63, 3.8) is 0 Å². The molecule has 0 aromatic carbocycles. The third-order valence-corrected chi connectivity index (χ3v) is 3.38. The van der Waals surface area contributed by atoms with Crippen molar-refractivity contribution in [3.8, 4) is 0 Å². The number of rotatable bonds is 2. The summed E-state index contributed by atoms with van der Waals surface area (Å²) in [5, 5.41) is -0.354. The molecule has 0 N–H and O–H groups in total. The average molecular weight is 270 g/mol. The first-order chi connectivity index (χ1) is 8.18. The average Bonchev–Trinajstić information content (AvgIpc) is 2.50. The lowest BCUT2D eigenvalue weighted by atomic mass is 9.91. The SMILES string of the molecule is CC(C)(C)Cc1nc2ccccn2c1S(=O)(=O)F. The Hall–Kier alpha value is -1.43. The number of nitrogens with zero attached hydrogens (tertiary/aromatic N) is 2. The Morgan fingerprint density at radius 3 is 2.56 bits per heavy atom. The van der Waals surface area contributed by atoms with E-state index in [9.17, 15) is 12.3 Å². The van der Waals surface area contributed by atoms with Gasteiger partial charge in [0.1, 0.15) is 5.65 Å². The molecule has 0 radical (unpaired) electrons. The van der Waals surface area contributed by atoms with Crippen LogP contribution in [0.3, 0.4) is 0 Å². The van der Waals surface area contributed by atoms with E-state index in [-0.39, 0.29) is 16.1 Å². The topological polar surface area (TPSA) is 51.4 Å². The number of aromatic nitrogens is 2. The van der Waals surface area contributed by atoms with E-state index in [1.165, 1.54) is 10.6 Å². The van der Waals surface area contributed by atoms with Crippen molar-refractivity contribution in [1.82, 2.24) is 9.38 Å². The van der Waals surface area contributed by atoms with Crippen LogP contribution in [0.25, 0.3) is 5.65 Å². The molecule has 6 heteroatoms. The van der Waals surface area contributed by atoms with Gasteiger partial charge in [-0.1, -0.05) is 30.7 Å². The third kappa shape index (κ3) is 2.53. The predicted molar refractivity (Wildman–Crippen MR) is 66.6 cm³/mol. The van der Waals surface area contributed by atoms with Gasteiger partial charge in [-0.3, -0.25) is 4.40 Å². The summed E-state index contributed by atoms with van der Waals surface area (Å²) in [6.45, 7) is 5.85. The zero-order valence-electron chi connectivity index (χ0n) is 10.5. The summed E-state index contributed by atoms with van der Waals surface area (Å²) in [7, 11) is -4.79. The Balaban J connectivity index is 2.73.